The van der Waals surface area contributed by atoms with E-state index >= 15 is 0 Å². The minimum Gasteiger partial charge on any atom is -0.402 e. The van der Waals surface area contributed by atoms with Gasteiger partial charge in [0.15, 0.2) is 0 Å². The smallest absolute Gasteiger partial charge is 0.402 e. The summed E-state index contributed by atoms with van der Waals surface area (Å²) >= 11 is 0. The Morgan fingerprint density at radius 1 is 1.14 bits per heavy atom. The Kier molecular flexibility index (Phi) is 2.41. The third kappa shape index (κ3) is 1.60. The van der Waals surface area contributed by atoms with Crippen LogP contribution in [0.5, 0.6) is 0 Å². The first-order chi connectivity index (χ1) is 6.42. The Morgan fingerprint density at radius 3 is 2.14 bits per heavy atom. The van der Waals surface area contributed by atoms with E-state index in [-0.39, 0.29) is 18.3 Å². The zero-order valence-corrected chi connectivity index (χ0v) is 9.59. The molecular formula is C10H20BNO2. The van der Waals surface area contributed by atoms with Gasteiger partial charge in [0.05, 0.1) is 11.2 Å². The van der Waals surface area contributed by atoms with E-state index in [2.05, 4.69) is 33.0 Å². The molecule has 14 heavy (non-hydrogen) atoms. The minimum atomic E-state index is -0.193. The number of nitrogens with one attached hydrogen (secondary N) is 1. The zero-order chi connectivity index (χ0) is 10.4. The predicted molar refractivity (Wildman–Crippen MR) is 57.1 cm³/mol. The van der Waals surface area contributed by atoms with Crippen LogP contribution in [0.15, 0.2) is 0 Å². The lowest BCUT2D eigenvalue weighted by Gasteiger charge is -2.32. The highest BCUT2D eigenvalue weighted by molar-refractivity contribution is 6.47. The van der Waals surface area contributed by atoms with Crippen molar-refractivity contribution in [2.45, 2.75) is 57.7 Å². The molecule has 4 heteroatoms. The first kappa shape index (κ1) is 10.5. The third-order valence-electron chi connectivity index (χ3n) is 3.70. The molecule has 0 aliphatic carbocycles. The molecule has 0 aromatic heterocycles. The summed E-state index contributed by atoms with van der Waals surface area (Å²) in [6.07, 6.45) is 2.39. The summed E-state index contributed by atoms with van der Waals surface area (Å²) < 4.78 is 11.9. The Morgan fingerprint density at radius 2 is 1.71 bits per heavy atom. The molecule has 0 aromatic carbocycles. The summed E-state index contributed by atoms with van der Waals surface area (Å²) in [7, 11) is -0.0671. The van der Waals surface area contributed by atoms with Gasteiger partial charge in [-0.15, -0.1) is 0 Å². The van der Waals surface area contributed by atoms with Gasteiger partial charge in [-0.1, -0.05) is 0 Å². The summed E-state index contributed by atoms with van der Waals surface area (Å²) in [6.45, 7) is 9.49. The molecule has 80 valence electrons. The molecule has 1 unspecified atom stereocenters. The Hall–Kier alpha value is -0.0551. The van der Waals surface area contributed by atoms with Crippen molar-refractivity contribution < 1.29 is 9.31 Å². The molecule has 1 N–H and O–H groups in total. The van der Waals surface area contributed by atoms with Crippen molar-refractivity contribution >= 4 is 7.12 Å². The Labute approximate surface area is 86.7 Å². The van der Waals surface area contributed by atoms with Crippen molar-refractivity contribution in [1.82, 2.24) is 5.32 Å². The third-order valence-corrected chi connectivity index (χ3v) is 3.70. The van der Waals surface area contributed by atoms with Gasteiger partial charge >= 0.3 is 7.12 Å². The average molecular weight is 197 g/mol. The molecule has 2 aliphatic rings. The molecule has 2 saturated heterocycles. The van der Waals surface area contributed by atoms with Crippen LogP contribution in [0.2, 0.25) is 0 Å². The second kappa shape index (κ2) is 3.22. The quantitative estimate of drug-likeness (QED) is 0.644. The maximum absolute atomic E-state index is 5.96. The number of hydrogen-bond donors (Lipinski definition) is 1. The lowest BCUT2D eigenvalue weighted by Crippen LogP contribution is -2.41. The van der Waals surface area contributed by atoms with E-state index in [1.54, 1.807) is 0 Å². The summed E-state index contributed by atoms with van der Waals surface area (Å²) in [5.74, 6) is 0.385. The van der Waals surface area contributed by atoms with Crippen LogP contribution in [0.1, 0.15) is 40.5 Å². The van der Waals surface area contributed by atoms with Crippen molar-refractivity contribution in [3.63, 3.8) is 0 Å². The summed E-state index contributed by atoms with van der Waals surface area (Å²) in [6, 6.07) is 0. The lowest BCUT2D eigenvalue weighted by atomic mass is 9.77. The molecule has 1 atom stereocenters. The van der Waals surface area contributed by atoms with Crippen LogP contribution in [0.3, 0.4) is 0 Å². The van der Waals surface area contributed by atoms with Gasteiger partial charge in [-0.25, -0.2) is 0 Å². The maximum Gasteiger partial charge on any atom is 0.476 e. The Bertz CT molecular complexity index is 208. The highest BCUT2D eigenvalue weighted by Gasteiger charge is 2.53. The maximum atomic E-state index is 5.96. The van der Waals surface area contributed by atoms with Gasteiger partial charge in [0, 0.05) is 5.94 Å². The highest BCUT2D eigenvalue weighted by Crippen LogP contribution is 2.38. The first-order valence-corrected chi connectivity index (χ1v) is 5.51. The van der Waals surface area contributed by atoms with Gasteiger partial charge in [-0.05, 0) is 47.1 Å². The zero-order valence-electron chi connectivity index (χ0n) is 9.59. The van der Waals surface area contributed by atoms with Crippen LogP contribution in [-0.2, 0) is 9.31 Å². The van der Waals surface area contributed by atoms with Gasteiger partial charge in [0.2, 0.25) is 0 Å². The molecule has 2 rings (SSSR count). The molecule has 0 bridgehead atoms. The largest absolute Gasteiger partial charge is 0.476 e. The van der Waals surface area contributed by atoms with Crippen molar-refractivity contribution in [3.8, 4) is 0 Å². The fraction of sp³-hybridized carbons (Fsp3) is 1.00. The number of rotatable bonds is 1. The summed E-state index contributed by atoms with van der Waals surface area (Å²) in [5.41, 5.74) is -0.385. The fourth-order valence-electron chi connectivity index (χ4n) is 2.00. The number of hydrogen-bond acceptors (Lipinski definition) is 3. The first-order valence-electron chi connectivity index (χ1n) is 5.51. The molecule has 0 spiro atoms. The summed E-state index contributed by atoms with van der Waals surface area (Å²) in [5, 5.41) is 3.42. The Balaban J connectivity index is 2.05. The van der Waals surface area contributed by atoms with Gasteiger partial charge in [-0.2, -0.15) is 0 Å². The van der Waals surface area contributed by atoms with E-state index in [0.717, 1.165) is 13.0 Å². The molecular weight excluding hydrogens is 177 g/mol. The molecule has 2 fully saturated rings. The van der Waals surface area contributed by atoms with Crippen LogP contribution in [0.25, 0.3) is 0 Å². The topological polar surface area (TPSA) is 30.5 Å². The molecule has 0 amide bonds. The lowest BCUT2D eigenvalue weighted by molar-refractivity contribution is 0.00578. The second-order valence-corrected chi connectivity index (χ2v) is 5.33. The van der Waals surface area contributed by atoms with Crippen LogP contribution in [0.4, 0.5) is 0 Å². The van der Waals surface area contributed by atoms with E-state index in [1.807, 2.05) is 0 Å². The molecule has 0 radical (unpaired) electrons. The van der Waals surface area contributed by atoms with Crippen molar-refractivity contribution in [3.05, 3.63) is 0 Å². The van der Waals surface area contributed by atoms with Gasteiger partial charge in [-0.3, -0.25) is 0 Å². The fourth-order valence-corrected chi connectivity index (χ4v) is 2.00. The van der Waals surface area contributed by atoms with Gasteiger partial charge in [0.25, 0.3) is 0 Å². The highest BCUT2D eigenvalue weighted by atomic mass is 16.7. The SMILES string of the molecule is CC1(C)OB(C2CCCN2)OC1(C)C. The van der Waals surface area contributed by atoms with Gasteiger partial charge in [0.1, 0.15) is 0 Å². The second-order valence-electron chi connectivity index (χ2n) is 5.33. The van der Waals surface area contributed by atoms with Crippen LogP contribution >= 0.6 is 0 Å². The van der Waals surface area contributed by atoms with E-state index < -0.39 is 0 Å². The normalized spacial score (nSPS) is 35.1. The monoisotopic (exact) mass is 197 g/mol. The van der Waals surface area contributed by atoms with E-state index in [9.17, 15) is 0 Å². The van der Waals surface area contributed by atoms with Crippen LogP contribution < -0.4 is 5.32 Å². The van der Waals surface area contributed by atoms with E-state index in [1.165, 1.54) is 6.42 Å². The molecule has 2 aliphatic heterocycles. The predicted octanol–water partition coefficient (Wildman–Crippen LogP) is 1.37. The van der Waals surface area contributed by atoms with Crippen molar-refractivity contribution in [2.24, 2.45) is 0 Å². The van der Waals surface area contributed by atoms with Gasteiger partial charge < -0.3 is 14.6 Å². The van der Waals surface area contributed by atoms with Crippen molar-refractivity contribution in [1.29, 1.82) is 0 Å². The van der Waals surface area contributed by atoms with Crippen molar-refractivity contribution in [2.75, 3.05) is 6.54 Å². The standard InChI is InChI=1S/C10H20BNO2/c1-9(2)10(3,4)14-11(13-9)8-6-5-7-12-8/h8,12H,5-7H2,1-4H3. The molecule has 0 aromatic rings. The summed E-state index contributed by atoms with van der Waals surface area (Å²) in [4.78, 5) is 0. The molecule has 3 nitrogen and oxygen atoms in total. The van der Waals surface area contributed by atoms with E-state index in [4.69, 9.17) is 9.31 Å². The molecule has 2 heterocycles. The minimum absolute atomic E-state index is 0.0671. The van der Waals surface area contributed by atoms with Crippen LogP contribution in [0, 0.1) is 0 Å². The average Bonchev–Trinajstić information content (AvgIpc) is 2.58. The van der Waals surface area contributed by atoms with E-state index in [0.29, 0.717) is 5.94 Å². The molecule has 0 saturated carbocycles. The van der Waals surface area contributed by atoms with Crippen LogP contribution in [-0.4, -0.2) is 30.8 Å².